The Morgan fingerprint density at radius 2 is 2.50 bits per heavy atom. The number of rotatable bonds is 2. The van der Waals surface area contributed by atoms with Crippen molar-refractivity contribution in [1.82, 2.24) is 0 Å². The molecule has 1 aromatic rings. The molecule has 0 aliphatic rings. The maximum absolute atomic E-state index is 5.70. The zero-order chi connectivity index (χ0) is 7.56. The van der Waals surface area contributed by atoms with Gasteiger partial charge in [-0.3, -0.25) is 0 Å². The Morgan fingerprint density at radius 3 is 2.90 bits per heavy atom. The monoisotopic (exact) mass is 217 g/mol. The fourth-order valence-corrected chi connectivity index (χ4v) is 2.29. The summed E-state index contributed by atoms with van der Waals surface area (Å²) in [5, 5.41) is 2.00. The van der Waals surface area contributed by atoms with E-state index in [0.717, 1.165) is 9.35 Å². The standard InChI is InChI=1S/C7H8BrNS/c1-2-6(9)7-5(8)3-4-10-7/h2-4,6H,1,9H2. The summed E-state index contributed by atoms with van der Waals surface area (Å²) in [7, 11) is 0. The van der Waals surface area contributed by atoms with E-state index >= 15 is 0 Å². The van der Waals surface area contributed by atoms with Crippen molar-refractivity contribution in [2.75, 3.05) is 0 Å². The smallest absolute Gasteiger partial charge is 0.0584 e. The minimum atomic E-state index is -0.0330. The fraction of sp³-hybridized carbons (Fsp3) is 0.143. The Morgan fingerprint density at radius 1 is 1.80 bits per heavy atom. The fourth-order valence-electron chi connectivity index (χ4n) is 0.650. The van der Waals surface area contributed by atoms with Gasteiger partial charge >= 0.3 is 0 Å². The lowest BCUT2D eigenvalue weighted by Crippen LogP contribution is -2.04. The first-order valence-electron chi connectivity index (χ1n) is 2.86. The van der Waals surface area contributed by atoms with Crippen LogP contribution >= 0.6 is 27.3 Å². The molecule has 54 valence electrons. The van der Waals surface area contributed by atoms with E-state index in [2.05, 4.69) is 22.5 Å². The van der Waals surface area contributed by atoms with Crippen LogP contribution in [0.25, 0.3) is 0 Å². The molecule has 1 rings (SSSR count). The molecule has 0 saturated heterocycles. The summed E-state index contributed by atoms with van der Waals surface area (Å²) in [6.07, 6.45) is 1.73. The molecule has 1 unspecified atom stereocenters. The van der Waals surface area contributed by atoms with E-state index in [1.165, 1.54) is 0 Å². The van der Waals surface area contributed by atoms with Gasteiger partial charge in [-0.25, -0.2) is 0 Å². The van der Waals surface area contributed by atoms with Gasteiger partial charge in [0.25, 0.3) is 0 Å². The van der Waals surface area contributed by atoms with Crippen LogP contribution in [-0.2, 0) is 0 Å². The summed E-state index contributed by atoms with van der Waals surface area (Å²) in [5.74, 6) is 0. The van der Waals surface area contributed by atoms with Crippen molar-refractivity contribution in [3.05, 3.63) is 33.5 Å². The zero-order valence-corrected chi connectivity index (χ0v) is 7.78. The maximum atomic E-state index is 5.70. The van der Waals surface area contributed by atoms with E-state index in [0.29, 0.717) is 0 Å². The lowest BCUT2D eigenvalue weighted by molar-refractivity contribution is 0.934. The molecule has 0 bridgehead atoms. The second-order valence-corrected chi connectivity index (χ2v) is 3.70. The molecular weight excluding hydrogens is 210 g/mol. The van der Waals surface area contributed by atoms with Gasteiger partial charge in [-0.05, 0) is 27.4 Å². The van der Waals surface area contributed by atoms with Gasteiger partial charge in [-0.1, -0.05) is 6.08 Å². The number of halogens is 1. The van der Waals surface area contributed by atoms with Gasteiger partial charge in [0, 0.05) is 9.35 Å². The van der Waals surface area contributed by atoms with Gasteiger partial charge in [0.05, 0.1) is 6.04 Å². The van der Waals surface area contributed by atoms with Crippen LogP contribution in [0.1, 0.15) is 10.9 Å². The molecule has 0 radical (unpaired) electrons. The van der Waals surface area contributed by atoms with E-state index in [-0.39, 0.29) is 6.04 Å². The summed E-state index contributed by atoms with van der Waals surface area (Å²) in [6, 6.07) is 1.96. The molecule has 1 heterocycles. The summed E-state index contributed by atoms with van der Waals surface area (Å²) >= 11 is 5.03. The normalized spacial score (nSPS) is 13.0. The zero-order valence-electron chi connectivity index (χ0n) is 5.38. The van der Waals surface area contributed by atoms with Crippen molar-refractivity contribution in [2.24, 2.45) is 5.73 Å². The highest BCUT2D eigenvalue weighted by atomic mass is 79.9. The third-order valence-corrected chi connectivity index (χ3v) is 3.17. The first kappa shape index (κ1) is 7.98. The molecule has 1 atom stereocenters. The maximum Gasteiger partial charge on any atom is 0.0584 e. The van der Waals surface area contributed by atoms with Gasteiger partial charge in [-0.15, -0.1) is 17.9 Å². The van der Waals surface area contributed by atoms with Crippen molar-refractivity contribution >= 4 is 27.3 Å². The Labute approximate surface area is 72.7 Å². The van der Waals surface area contributed by atoms with E-state index in [4.69, 9.17) is 5.73 Å². The van der Waals surface area contributed by atoms with Crippen molar-refractivity contribution in [1.29, 1.82) is 0 Å². The molecule has 2 N–H and O–H groups in total. The Balaban J connectivity index is 2.92. The number of thiophene rings is 1. The SMILES string of the molecule is C=CC(N)c1sccc1Br. The van der Waals surface area contributed by atoms with Crippen molar-refractivity contribution in [3.8, 4) is 0 Å². The first-order valence-corrected chi connectivity index (χ1v) is 4.54. The molecule has 1 nitrogen and oxygen atoms in total. The first-order chi connectivity index (χ1) is 4.75. The summed E-state index contributed by atoms with van der Waals surface area (Å²) in [5.41, 5.74) is 5.70. The average Bonchev–Trinajstić information content (AvgIpc) is 2.34. The molecule has 0 aliphatic heterocycles. The summed E-state index contributed by atoms with van der Waals surface area (Å²) < 4.78 is 1.07. The van der Waals surface area contributed by atoms with Gasteiger partial charge < -0.3 is 5.73 Å². The van der Waals surface area contributed by atoms with E-state index in [9.17, 15) is 0 Å². The van der Waals surface area contributed by atoms with Gasteiger partial charge in [0.15, 0.2) is 0 Å². The highest BCUT2D eigenvalue weighted by Crippen LogP contribution is 2.27. The summed E-state index contributed by atoms with van der Waals surface area (Å²) in [4.78, 5) is 1.13. The van der Waals surface area contributed by atoms with E-state index in [1.807, 2.05) is 11.4 Å². The second kappa shape index (κ2) is 3.32. The predicted molar refractivity (Wildman–Crippen MR) is 49.1 cm³/mol. The molecule has 0 aliphatic carbocycles. The molecule has 1 aromatic heterocycles. The highest BCUT2D eigenvalue weighted by Gasteiger charge is 2.05. The Kier molecular flexibility index (Phi) is 2.65. The van der Waals surface area contributed by atoms with Crippen molar-refractivity contribution in [3.63, 3.8) is 0 Å². The molecule has 0 spiro atoms. The number of nitrogens with two attached hydrogens (primary N) is 1. The molecule has 0 amide bonds. The van der Waals surface area contributed by atoms with E-state index < -0.39 is 0 Å². The molecular formula is C7H8BrNS. The van der Waals surface area contributed by atoms with Crippen LogP contribution in [0, 0.1) is 0 Å². The van der Waals surface area contributed by atoms with E-state index in [1.54, 1.807) is 17.4 Å². The second-order valence-electron chi connectivity index (χ2n) is 1.89. The van der Waals surface area contributed by atoms with Gasteiger partial charge in [0.1, 0.15) is 0 Å². The van der Waals surface area contributed by atoms with Crippen LogP contribution < -0.4 is 5.73 Å². The topological polar surface area (TPSA) is 26.0 Å². The third kappa shape index (κ3) is 1.48. The van der Waals surface area contributed by atoms with Crippen LogP contribution in [0.3, 0.4) is 0 Å². The molecule has 0 fully saturated rings. The van der Waals surface area contributed by atoms with Crippen LogP contribution in [0.2, 0.25) is 0 Å². The van der Waals surface area contributed by atoms with Crippen molar-refractivity contribution in [2.45, 2.75) is 6.04 Å². The van der Waals surface area contributed by atoms with Crippen LogP contribution in [0.4, 0.5) is 0 Å². The molecule has 0 saturated carbocycles. The number of hydrogen-bond acceptors (Lipinski definition) is 2. The van der Waals surface area contributed by atoms with Crippen LogP contribution in [-0.4, -0.2) is 0 Å². The van der Waals surface area contributed by atoms with Crippen molar-refractivity contribution < 1.29 is 0 Å². The molecule has 3 heteroatoms. The highest BCUT2D eigenvalue weighted by molar-refractivity contribution is 9.10. The van der Waals surface area contributed by atoms with Gasteiger partial charge in [-0.2, -0.15) is 0 Å². The predicted octanol–water partition coefficient (Wildman–Crippen LogP) is 2.70. The van der Waals surface area contributed by atoms with Crippen LogP contribution in [0.15, 0.2) is 28.6 Å². The minimum absolute atomic E-state index is 0.0330. The minimum Gasteiger partial charge on any atom is -0.320 e. The Hall–Kier alpha value is -0.120. The quantitative estimate of drug-likeness (QED) is 0.759. The lowest BCUT2D eigenvalue weighted by atomic mass is 10.2. The largest absolute Gasteiger partial charge is 0.320 e. The number of hydrogen-bond donors (Lipinski definition) is 1. The van der Waals surface area contributed by atoms with Crippen LogP contribution in [0.5, 0.6) is 0 Å². The molecule has 10 heavy (non-hydrogen) atoms. The third-order valence-electron chi connectivity index (χ3n) is 1.20. The average molecular weight is 218 g/mol. The summed E-state index contributed by atoms with van der Waals surface area (Å²) in [6.45, 7) is 3.62. The lowest BCUT2D eigenvalue weighted by Gasteiger charge is -2.01. The molecule has 0 aromatic carbocycles. The van der Waals surface area contributed by atoms with Gasteiger partial charge in [0.2, 0.25) is 0 Å². The Bertz CT molecular complexity index is 231.